The molecule has 1 atom stereocenters. The molecule has 0 spiro atoms. The number of benzene rings is 1. The minimum absolute atomic E-state index is 0.185. The molecule has 1 aromatic rings. The first-order valence-corrected chi connectivity index (χ1v) is 9.79. The molecule has 124 valence electrons. The molecule has 0 aliphatic carbocycles. The van der Waals surface area contributed by atoms with Crippen molar-refractivity contribution < 1.29 is 13.0 Å². The van der Waals surface area contributed by atoms with Crippen LogP contribution in [0.25, 0.3) is 6.08 Å². The van der Waals surface area contributed by atoms with E-state index >= 15 is 0 Å². The Morgan fingerprint density at radius 3 is 2.45 bits per heavy atom. The van der Waals surface area contributed by atoms with Crippen molar-refractivity contribution >= 4 is 32.1 Å². The zero-order valence-electron chi connectivity index (χ0n) is 13.0. The van der Waals surface area contributed by atoms with Gasteiger partial charge in [0.1, 0.15) is 0 Å². The predicted molar refractivity (Wildman–Crippen MR) is 95.5 cm³/mol. The largest absolute Gasteiger partial charge is 0.310 e. The van der Waals surface area contributed by atoms with Crippen molar-refractivity contribution in [1.82, 2.24) is 5.32 Å². The Morgan fingerprint density at radius 2 is 1.91 bits per heavy atom. The maximum absolute atomic E-state index is 10.7. The van der Waals surface area contributed by atoms with E-state index in [1.165, 1.54) is 0 Å². The number of rotatable bonds is 9. The van der Waals surface area contributed by atoms with Gasteiger partial charge in [0.15, 0.2) is 0 Å². The second-order valence-electron chi connectivity index (χ2n) is 5.74. The fraction of sp³-hybridized carbons (Fsp3) is 0.500. The molecule has 0 saturated heterocycles. The van der Waals surface area contributed by atoms with Crippen LogP contribution in [0.2, 0.25) is 0 Å². The van der Waals surface area contributed by atoms with E-state index in [4.69, 9.17) is 4.55 Å². The van der Waals surface area contributed by atoms with Crippen LogP contribution in [-0.2, 0) is 10.1 Å². The Balaban J connectivity index is 2.54. The number of nitrogens with one attached hydrogen (secondary N) is 1. The van der Waals surface area contributed by atoms with Crippen LogP contribution in [0.3, 0.4) is 0 Å². The fourth-order valence-corrected chi connectivity index (χ4v) is 2.85. The second-order valence-corrected chi connectivity index (χ2v) is 8.23. The van der Waals surface area contributed by atoms with Gasteiger partial charge in [-0.05, 0) is 43.0 Å². The first-order valence-electron chi connectivity index (χ1n) is 7.38. The van der Waals surface area contributed by atoms with Gasteiger partial charge in [-0.25, -0.2) is 0 Å². The summed E-state index contributed by atoms with van der Waals surface area (Å²) >= 11 is 3.41. The minimum Gasteiger partial charge on any atom is -0.310 e. The molecule has 6 heteroatoms. The monoisotopic (exact) mass is 389 g/mol. The van der Waals surface area contributed by atoms with Gasteiger partial charge in [0.05, 0.1) is 5.75 Å². The fourth-order valence-electron chi connectivity index (χ4n) is 2.08. The van der Waals surface area contributed by atoms with Crippen LogP contribution < -0.4 is 5.32 Å². The zero-order chi connectivity index (χ0) is 16.6. The number of hydrogen-bond acceptors (Lipinski definition) is 3. The van der Waals surface area contributed by atoms with Gasteiger partial charge >= 0.3 is 0 Å². The third kappa shape index (κ3) is 9.35. The third-order valence-electron chi connectivity index (χ3n) is 3.10. The molecule has 0 aliphatic rings. The summed E-state index contributed by atoms with van der Waals surface area (Å²) in [6, 6.07) is 8.24. The average Bonchev–Trinajstić information content (AvgIpc) is 2.40. The van der Waals surface area contributed by atoms with Gasteiger partial charge in [-0.2, -0.15) is 8.42 Å². The molecule has 0 aromatic heterocycles. The molecule has 1 rings (SSSR count). The van der Waals surface area contributed by atoms with Crippen LogP contribution in [0, 0.1) is 5.92 Å². The van der Waals surface area contributed by atoms with Crippen molar-refractivity contribution in [3.8, 4) is 0 Å². The molecule has 4 nitrogen and oxygen atoms in total. The normalized spacial score (nSPS) is 13.9. The van der Waals surface area contributed by atoms with E-state index in [-0.39, 0.29) is 11.8 Å². The zero-order valence-corrected chi connectivity index (χ0v) is 15.4. The summed E-state index contributed by atoms with van der Waals surface area (Å²) in [7, 11) is -3.87. The van der Waals surface area contributed by atoms with Crippen LogP contribution in [0.5, 0.6) is 0 Å². The Morgan fingerprint density at radius 1 is 1.27 bits per heavy atom. The Kier molecular flexibility index (Phi) is 8.31. The standard InChI is InChI=1S/C16H24BrNO3S/c1-13(2)12-16(18-10-3-11-22(19,20)21)9-6-14-4-7-15(17)8-5-14/h4-9,13,16,18H,3,10-12H2,1-2H3,(H,19,20,21)/b9-6+/t16-/m0/s1. The van der Waals surface area contributed by atoms with Gasteiger partial charge in [0.25, 0.3) is 10.1 Å². The summed E-state index contributed by atoms with van der Waals surface area (Å²) in [5.74, 6) is 0.332. The van der Waals surface area contributed by atoms with Gasteiger partial charge in [0.2, 0.25) is 0 Å². The first-order chi connectivity index (χ1) is 10.3. The second kappa shape index (κ2) is 9.45. The Bertz CT molecular complexity index is 568. The highest BCUT2D eigenvalue weighted by Gasteiger charge is 2.08. The van der Waals surface area contributed by atoms with Crippen LogP contribution >= 0.6 is 15.9 Å². The molecule has 0 bridgehead atoms. The third-order valence-corrected chi connectivity index (χ3v) is 4.44. The van der Waals surface area contributed by atoms with Crippen LogP contribution in [-0.4, -0.2) is 31.3 Å². The van der Waals surface area contributed by atoms with Crippen molar-refractivity contribution in [2.45, 2.75) is 32.7 Å². The van der Waals surface area contributed by atoms with Gasteiger partial charge in [-0.1, -0.05) is 54.1 Å². The van der Waals surface area contributed by atoms with E-state index in [1.807, 2.05) is 24.3 Å². The lowest BCUT2D eigenvalue weighted by molar-refractivity contribution is 0.462. The summed E-state index contributed by atoms with van der Waals surface area (Å²) in [6.45, 7) is 4.86. The average molecular weight is 390 g/mol. The molecule has 0 amide bonds. The molecule has 2 N–H and O–H groups in total. The minimum atomic E-state index is -3.87. The van der Waals surface area contributed by atoms with E-state index in [2.05, 4.69) is 47.2 Å². The molecular weight excluding hydrogens is 366 g/mol. The van der Waals surface area contributed by atoms with Gasteiger partial charge in [0, 0.05) is 10.5 Å². The van der Waals surface area contributed by atoms with Gasteiger partial charge in [-0.3, -0.25) is 4.55 Å². The highest BCUT2D eigenvalue weighted by atomic mass is 79.9. The topological polar surface area (TPSA) is 66.4 Å². The van der Waals surface area contributed by atoms with E-state index in [0.717, 1.165) is 16.5 Å². The van der Waals surface area contributed by atoms with E-state index in [1.54, 1.807) is 0 Å². The van der Waals surface area contributed by atoms with Crippen molar-refractivity contribution in [2.24, 2.45) is 5.92 Å². The lowest BCUT2D eigenvalue weighted by atomic mass is 10.0. The maximum Gasteiger partial charge on any atom is 0.264 e. The first kappa shape index (κ1) is 19.4. The maximum atomic E-state index is 10.7. The molecule has 0 aliphatic heterocycles. The molecule has 0 saturated carbocycles. The quantitative estimate of drug-likeness (QED) is 0.498. The van der Waals surface area contributed by atoms with E-state index in [0.29, 0.717) is 18.9 Å². The lowest BCUT2D eigenvalue weighted by Crippen LogP contribution is -2.30. The summed E-state index contributed by atoms with van der Waals surface area (Å²) in [5, 5.41) is 3.33. The molecule has 0 fully saturated rings. The molecular formula is C16H24BrNO3S. The molecule has 1 aromatic carbocycles. The summed E-state index contributed by atoms with van der Waals surface area (Å²) < 4.78 is 31.2. The van der Waals surface area contributed by atoms with E-state index in [9.17, 15) is 8.42 Å². The van der Waals surface area contributed by atoms with Crippen molar-refractivity contribution in [1.29, 1.82) is 0 Å². The summed E-state index contributed by atoms with van der Waals surface area (Å²) in [4.78, 5) is 0. The van der Waals surface area contributed by atoms with Crippen LogP contribution in [0.15, 0.2) is 34.8 Å². The summed E-state index contributed by atoms with van der Waals surface area (Å²) in [6.07, 6.45) is 5.55. The van der Waals surface area contributed by atoms with Crippen molar-refractivity contribution in [3.63, 3.8) is 0 Å². The van der Waals surface area contributed by atoms with Crippen LogP contribution in [0.1, 0.15) is 32.3 Å². The number of halogens is 1. The Labute approximate surface area is 141 Å². The SMILES string of the molecule is CC(C)C[C@H](/C=C/c1ccc(Br)cc1)NCCCS(=O)(=O)O. The predicted octanol–water partition coefficient (Wildman–Crippen LogP) is 3.74. The van der Waals surface area contributed by atoms with Crippen LogP contribution in [0.4, 0.5) is 0 Å². The smallest absolute Gasteiger partial charge is 0.264 e. The number of hydrogen-bond donors (Lipinski definition) is 2. The van der Waals surface area contributed by atoms with Gasteiger partial charge < -0.3 is 5.32 Å². The lowest BCUT2D eigenvalue weighted by Gasteiger charge is -2.17. The van der Waals surface area contributed by atoms with Crippen molar-refractivity contribution in [3.05, 3.63) is 40.4 Å². The van der Waals surface area contributed by atoms with E-state index < -0.39 is 10.1 Å². The molecule has 0 unspecified atom stereocenters. The molecule has 0 radical (unpaired) electrons. The Hall–Kier alpha value is -0.690. The highest BCUT2D eigenvalue weighted by Crippen LogP contribution is 2.13. The highest BCUT2D eigenvalue weighted by molar-refractivity contribution is 9.10. The summed E-state index contributed by atoms with van der Waals surface area (Å²) in [5.41, 5.74) is 1.12. The molecule has 0 heterocycles. The van der Waals surface area contributed by atoms with Gasteiger partial charge in [-0.15, -0.1) is 0 Å². The van der Waals surface area contributed by atoms with Crippen molar-refractivity contribution in [2.75, 3.05) is 12.3 Å². The molecule has 22 heavy (non-hydrogen) atoms.